The third-order valence-corrected chi connectivity index (χ3v) is 2.31. The molecule has 0 amide bonds. The molecule has 2 rings (SSSR count). The first-order valence-electron chi connectivity index (χ1n) is 4.73. The fourth-order valence-corrected chi connectivity index (χ4v) is 1.24. The Balaban J connectivity index is 1.82. The van der Waals surface area contributed by atoms with Crippen LogP contribution in [0.4, 0.5) is 4.39 Å². The lowest BCUT2D eigenvalue weighted by Gasteiger charge is -2.09. The molecule has 0 aromatic heterocycles. The summed E-state index contributed by atoms with van der Waals surface area (Å²) in [7, 11) is 0. The zero-order chi connectivity index (χ0) is 9.97. The molecule has 0 radical (unpaired) electrons. The van der Waals surface area contributed by atoms with Crippen LogP contribution in [-0.2, 0) is 16.1 Å². The monoisotopic (exact) mass is 196 g/mol. The molecule has 1 aromatic rings. The highest BCUT2D eigenvalue weighted by Crippen LogP contribution is 2.17. The van der Waals surface area contributed by atoms with E-state index in [2.05, 4.69) is 0 Å². The Morgan fingerprint density at radius 3 is 2.71 bits per heavy atom. The summed E-state index contributed by atoms with van der Waals surface area (Å²) in [5.74, 6) is -0.215. The molecule has 3 heteroatoms. The van der Waals surface area contributed by atoms with E-state index in [0.29, 0.717) is 6.61 Å². The number of epoxide rings is 1. The van der Waals surface area contributed by atoms with Crippen LogP contribution >= 0.6 is 0 Å². The lowest BCUT2D eigenvalue weighted by atomic mass is 10.2. The minimum Gasteiger partial charge on any atom is -0.371 e. The topological polar surface area (TPSA) is 21.8 Å². The van der Waals surface area contributed by atoms with E-state index >= 15 is 0 Å². The van der Waals surface area contributed by atoms with Crippen molar-refractivity contribution in [2.24, 2.45) is 0 Å². The molecule has 1 fully saturated rings. The number of hydrogen-bond donors (Lipinski definition) is 0. The summed E-state index contributed by atoms with van der Waals surface area (Å²) >= 11 is 0. The molecule has 0 saturated carbocycles. The molecule has 0 aliphatic carbocycles. The minimum absolute atomic E-state index is 0.125. The van der Waals surface area contributed by atoms with Crippen molar-refractivity contribution in [2.45, 2.75) is 25.7 Å². The van der Waals surface area contributed by atoms with Gasteiger partial charge in [-0.25, -0.2) is 4.39 Å². The molecule has 2 nitrogen and oxygen atoms in total. The van der Waals surface area contributed by atoms with Crippen LogP contribution in [0.5, 0.6) is 0 Å². The first-order chi connectivity index (χ1) is 6.75. The van der Waals surface area contributed by atoms with Crippen molar-refractivity contribution in [3.05, 3.63) is 35.6 Å². The van der Waals surface area contributed by atoms with E-state index in [1.165, 1.54) is 12.1 Å². The maximum atomic E-state index is 12.6. The SMILES string of the molecule is C[C@H](OCc1ccc(F)cc1)[C@H]1CO1. The van der Waals surface area contributed by atoms with Gasteiger partial charge in [-0.1, -0.05) is 12.1 Å². The number of ether oxygens (including phenoxy) is 2. The van der Waals surface area contributed by atoms with Crippen LogP contribution in [0.15, 0.2) is 24.3 Å². The van der Waals surface area contributed by atoms with Gasteiger partial charge in [-0.3, -0.25) is 0 Å². The predicted molar refractivity (Wildman–Crippen MR) is 50.4 cm³/mol. The maximum Gasteiger partial charge on any atom is 0.123 e. The smallest absolute Gasteiger partial charge is 0.123 e. The predicted octanol–water partition coefficient (Wildman–Crippen LogP) is 2.13. The Hall–Kier alpha value is -0.930. The molecule has 1 aliphatic rings. The fourth-order valence-electron chi connectivity index (χ4n) is 1.24. The normalized spacial score (nSPS) is 22.0. The van der Waals surface area contributed by atoms with E-state index in [9.17, 15) is 4.39 Å². The second-order valence-electron chi connectivity index (χ2n) is 3.51. The Morgan fingerprint density at radius 2 is 2.14 bits per heavy atom. The number of halogens is 1. The van der Waals surface area contributed by atoms with Gasteiger partial charge in [-0.15, -0.1) is 0 Å². The summed E-state index contributed by atoms with van der Waals surface area (Å²) in [6.45, 7) is 3.30. The van der Waals surface area contributed by atoms with E-state index < -0.39 is 0 Å². The first kappa shape index (κ1) is 9.62. The van der Waals surface area contributed by atoms with E-state index in [1.54, 1.807) is 12.1 Å². The molecule has 0 unspecified atom stereocenters. The summed E-state index contributed by atoms with van der Waals surface area (Å²) in [6.07, 6.45) is 0.385. The van der Waals surface area contributed by atoms with Gasteiger partial charge in [0.1, 0.15) is 11.9 Å². The van der Waals surface area contributed by atoms with Gasteiger partial charge < -0.3 is 9.47 Å². The zero-order valence-electron chi connectivity index (χ0n) is 8.07. The van der Waals surface area contributed by atoms with E-state index in [4.69, 9.17) is 9.47 Å². The van der Waals surface area contributed by atoms with Crippen LogP contribution < -0.4 is 0 Å². The summed E-state index contributed by atoms with van der Waals surface area (Å²) in [4.78, 5) is 0. The van der Waals surface area contributed by atoms with Crippen molar-refractivity contribution in [1.29, 1.82) is 0 Å². The van der Waals surface area contributed by atoms with Crippen molar-refractivity contribution >= 4 is 0 Å². The van der Waals surface area contributed by atoms with E-state index in [1.807, 2.05) is 6.92 Å². The second kappa shape index (κ2) is 4.07. The summed E-state index contributed by atoms with van der Waals surface area (Å²) < 4.78 is 23.2. The molecule has 0 bridgehead atoms. The molecule has 1 heterocycles. The van der Waals surface area contributed by atoms with Gasteiger partial charge >= 0.3 is 0 Å². The van der Waals surface area contributed by atoms with Gasteiger partial charge in [0.05, 0.1) is 19.3 Å². The molecule has 14 heavy (non-hydrogen) atoms. The molecule has 76 valence electrons. The van der Waals surface area contributed by atoms with Gasteiger partial charge in [0.2, 0.25) is 0 Å². The van der Waals surface area contributed by atoms with Gasteiger partial charge in [-0.2, -0.15) is 0 Å². The average Bonchev–Trinajstić information content (AvgIpc) is 3.00. The lowest BCUT2D eigenvalue weighted by molar-refractivity contribution is 0.0340. The van der Waals surface area contributed by atoms with Crippen LogP contribution in [0.2, 0.25) is 0 Å². The summed E-state index contributed by atoms with van der Waals surface area (Å²) in [5, 5.41) is 0. The van der Waals surface area contributed by atoms with E-state index in [0.717, 1.165) is 12.2 Å². The fraction of sp³-hybridized carbons (Fsp3) is 0.455. The Morgan fingerprint density at radius 1 is 1.50 bits per heavy atom. The molecule has 2 atom stereocenters. The highest BCUT2D eigenvalue weighted by Gasteiger charge is 2.29. The summed E-state index contributed by atoms with van der Waals surface area (Å²) in [5.41, 5.74) is 0.985. The number of rotatable bonds is 4. The Kier molecular flexibility index (Phi) is 2.79. The van der Waals surface area contributed by atoms with Crippen LogP contribution in [-0.4, -0.2) is 18.8 Å². The lowest BCUT2D eigenvalue weighted by Crippen LogP contribution is -2.14. The third-order valence-electron chi connectivity index (χ3n) is 2.31. The van der Waals surface area contributed by atoms with Crippen LogP contribution in [0, 0.1) is 5.82 Å². The summed E-state index contributed by atoms with van der Waals surface area (Å²) in [6, 6.07) is 6.35. The van der Waals surface area contributed by atoms with Crippen LogP contribution in [0.3, 0.4) is 0 Å². The van der Waals surface area contributed by atoms with Crippen LogP contribution in [0.1, 0.15) is 12.5 Å². The zero-order valence-corrected chi connectivity index (χ0v) is 8.07. The average molecular weight is 196 g/mol. The highest BCUT2D eigenvalue weighted by molar-refractivity contribution is 5.15. The number of hydrogen-bond acceptors (Lipinski definition) is 2. The molecule has 1 aromatic carbocycles. The molecule has 1 saturated heterocycles. The molecular formula is C11H13FO2. The third kappa shape index (κ3) is 2.53. The van der Waals surface area contributed by atoms with Gasteiger partial charge in [0, 0.05) is 0 Å². The quantitative estimate of drug-likeness (QED) is 0.688. The van der Waals surface area contributed by atoms with Crippen molar-refractivity contribution in [1.82, 2.24) is 0 Å². The minimum atomic E-state index is -0.215. The van der Waals surface area contributed by atoms with Gasteiger partial charge in [-0.05, 0) is 24.6 Å². The standard InChI is InChI=1S/C11H13FO2/c1-8(11-7-14-11)13-6-9-2-4-10(12)5-3-9/h2-5,8,11H,6-7H2,1H3/t8-,11+/m0/s1. The molecule has 0 spiro atoms. The van der Waals surface area contributed by atoms with Crippen molar-refractivity contribution in [3.8, 4) is 0 Å². The van der Waals surface area contributed by atoms with Crippen molar-refractivity contribution < 1.29 is 13.9 Å². The van der Waals surface area contributed by atoms with Gasteiger partial charge in [0.25, 0.3) is 0 Å². The van der Waals surface area contributed by atoms with Crippen molar-refractivity contribution in [2.75, 3.05) is 6.61 Å². The molecule has 1 aliphatic heterocycles. The second-order valence-corrected chi connectivity index (χ2v) is 3.51. The first-order valence-corrected chi connectivity index (χ1v) is 4.73. The maximum absolute atomic E-state index is 12.6. The highest BCUT2D eigenvalue weighted by atomic mass is 19.1. The van der Waals surface area contributed by atoms with Gasteiger partial charge in [0.15, 0.2) is 0 Å². The van der Waals surface area contributed by atoms with E-state index in [-0.39, 0.29) is 18.0 Å². The largest absolute Gasteiger partial charge is 0.371 e. The molecular weight excluding hydrogens is 183 g/mol. The molecule has 0 N–H and O–H groups in total. The Bertz CT molecular complexity index is 293. The van der Waals surface area contributed by atoms with Crippen LogP contribution in [0.25, 0.3) is 0 Å². The Labute approximate surface area is 82.6 Å². The van der Waals surface area contributed by atoms with Crippen molar-refractivity contribution in [3.63, 3.8) is 0 Å². The number of benzene rings is 1.